The Kier molecular flexibility index (Phi) is 11.6. The fourth-order valence-corrected chi connectivity index (χ4v) is 12.5. The molecule has 4 aromatic rings. The van der Waals surface area contributed by atoms with E-state index in [4.69, 9.17) is 27.9 Å². The Hall–Kier alpha value is -4.71. The second-order valence-electron chi connectivity index (χ2n) is 18.9. The highest BCUT2D eigenvalue weighted by molar-refractivity contribution is 6.31. The third-order valence-electron chi connectivity index (χ3n) is 15.4. The van der Waals surface area contributed by atoms with Gasteiger partial charge in [-0.05, 0) is 124 Å². The van der Waals surface area contributed by atoms with E-state index in [1.165, 1.54) is 6.07 Å². The van der Waals surface area contributed by atoms with Crippen LogP contribution in [0.1, 0.15) is 92.9 Å². The van der Waals surface area contributed by atoms with Gasteiger partial charge in [0, 0.05) is 79.5 Å². The summed E-state index contributed by atoms with van der Waals surface area (Å²) >= 11 is 12.8. The van der Waals surface area contributed by atoms with Crippen LogP contribution in [0.25, 0.3) is 11.0 Å². The van der Waals surface area contributed by atoms with Gasteiger partial charge in [0.25, 0.3) is 0 Å². The lowest BCUT2D eigenvalue weighted by atomic mass is 9.57. The predicted molar refractivity (Wildman–Crippen MR) is 244 cm³/mol. The van der Waals surface area contributed by atoms with Crippen molar-refractivity contribution in [3.05, 3.63) is 97.6 Å². The van der Waals surface area contributed by atoms with Crippen LogP contribution in [0, 0.1) is 29.5 Å². The third kappa shape index (κ3) is 7.43. The molecule has 2 spiro atoms. The summed E-state index contributed by atoms with van der Waals surface area (Å²) in [6.07, 6.45) is 7.62. The number of aromatic nitrogens is 2. The van der Waals surface area contributed by atoms with Gasteiger partial charge in [0.15, 0.2) is 0 Å². The number of amides is 3. The van der Waals surface area contributed by atoms with Crippen molar-refractivity contribution in [1.82, 2.24) is 30.0 Å². The molecule has 4 atom stereocenters. The van der Waals surface area contributed by atoms with Crippen LogP contribution >= 0.6 is 23.2 Å². The number of benzene rings is 3. The van der Waals surface area contributed by atoms with Crippen molar-refractivity contribution in [2.24, 2.45) is 18.9 Å². The number of anilines is 1. The first-order valence-corrected chi connectivity index (χ1v) is 23.6. The molecule has 1 aliphatic carbocycles. The van der Waals surface area contributed by atoms with E-state index in [-0.39, 0.29) is 46.1 Å². The largest absolute Gasteiger partial charge is 0.381 e. The van der Waals surface area contributed by atoms with E-state index in [1.54, 1.807) is 35.9 Å². The molecule has 0 radical (unpaired) electrons. The van der Waals surface area contributed by atoms with Crippen molar-refractivity contribution in [2.45, 2.75) is 99.2 Å². The number of hydrogen-bond donors (Lipinski definition) is 4. The highest BCUT2D eigenvalue weighted by Crippen LogP contribution is 2.62. The average molecular weight is 911 g/mol. The quantitative estimate of drug-likeness (QED) is 0.170. The molecule has 0 bridgehead atoms. The highest BCUT2D eigenvalue weighted by Gasteiger charge is 2.72. The number of carbonyl (C=O) groups is 3. The van der Waals surface area contributed by atoms with Gasteiger partial charge in [0.1, 0.15) is 11.2 Å². The minimum Gasteiger partial charge on any atom is -0.381 e. The number of piperidine rings is 2. The summed E-state index contributed by atoms with van der Waals surface area (Å²) in [6, 6.07) is 15.1. The van der Waals surface area contributed by atoms with E-state index in [2.05, 4.69) is 38.0 Å². The Morgan fingerprint density at radius 3 is 2.48 bits per heavy atom. The second kappa shape index (κ2) is 17.3. The normalized spacial score (nSPS) is 28.2. The molecule has 1 aromatic heterocycles. The van der Waals surface area contributed by atoms with Crippen molar-refractivity contribution < 1.29 is 23.5 Å². The number of halogens is 3. The summed E-state index contributed by atoms with van der Waals surface area (Å²) in [6.45, 7) is 4.22. The average Bonchev–Trinajstić information content (AvgIpc) is 3.85. The molecule has 4 saturated heterocycles. The van der Waals surface area contributed by atoms with Gasteiger partial charge >= 0.3 is 5.69 Å². The van der Waals surface area contributed by atoms with Crippen LogP contribution < -0.4 is 27.0 Å². The molecule has 12 nitrogen and oxygen atoms in total. The molecule has 3 amide bonds. The van der Waals surface area contributed by atoms with Gasteiger partial charge in [-0.3, -0.25) is 28.8 Å². The van der Waals surface area contributed by atoms with Gasteiger partial charge in [0.05, 0.1) is 28.1 Å². The molecule has 5 fully saturated rings. The lowest BCUT2D eigenvalue weighted by Gasteiger charge is -2.46. The molecule has 6 aliphatic rings. The van der Waals surface area contributed by atoms with E-state index in [0.29, 0.717) is 73.6 Å². The van der Waals surface area contributed by atoms with Crippen molar-refractivity contribution in [1.29, 1.82) is 0 Å². The van der Waals surface area contributed by atoms with E-state index < -0.39 is 28.7 Å². The Morgan fingerprint density at radius 1 is 0.953 bits per heavy atom. The Bertz CT molecular complexity index is 2620. The smallest absolute Gasteiger partial charge is 0.329 e. The molecular formula is C49H54Cl2FN7O5. The van der Waals surface area contributed by atoms with Gasteiger partial charge in [-0.15, -0.1) is 0 Å². The van der Waals surface area contributed by atoms with E-state index in [9.17, 15) is 19.2 Å². The zero-order valence-corrected chi connectivity index (χ0v) is 37.5. The van der Waals surface area contributed by atoms with Crippen molar-refractivity contribution in [2.75, 3.05) is 44.7 Å². The molecule has 1 saturated carbocycles. The zero-order chi connectivity index (χ0) is 44.3. The molecule has 3 aromatic carbocycles. The third-order valence-corrected chi connectivity index (χ3v) is 15.9. The number of fused-ring (bicyclic) bond motifs is 4. The Morgan fingerprint density at radius 2 is 1.73 bits per heavy atom. The van der Waals surface area contributed by atoms with E-state index >= 15 is 4.39 Å². The first-order chi connectivity index (χ1) is 31.0. The maximum Gasteiger partial charge on any atom is 0.329 e. The highest BCUT2D eigenvalue weighted by atomic mass is 35.5. The van der Waals surface area contributed by atoms with E-state index in [0.717, 1.165) is 74.8 Å². The molecule has 4 N–H and O–H groups in total. The van der Waals surface area contributed by atoms with Crippen LogP contribution in [-0.2, 0) is 31.6 Å². The number of aryl methyl sites for hydroxylation is 1. The number of likely N-dealkylation sites (tertiary alicyclic amines) is 1. The van der Waals surface area contributed by atoms with Crippen LogP contribution in [0.4, 0.5) is 10.1 Å². The fraction of sp³-hybridized carbons (Fsp3) is 0.510. The van der Waals surface area contributed by atoms with Gasteiger partial charge in [-0.2, -0.15) is 0 Å². The zero-order valence-electron chi connectivity index (χ0n) is 36.0. The SMILES string of the molecule is Cn1c(=O)n(C2CCC(=O)NC2)c2ccc(C#CC3CCN(CC4CCC(NC(=O)[C@@H]5NC6(CCOCC6)[C@@]6(C(=O)Nc7cc(Cl)ccc76)[C@H]5c5cccc(Cl)c5F)CC4)CC3)cc21. The molecule has 336 valence electrons. The second-order valence-corrected chi connectivity index (χ2v) is 19.7. The predicted octanol–water partition coefficient (Wildman–Crippen LogP) is 6.17. The number of rotatable bonds is 6. The van der Waals surface area contributed by atoms with Gasteiger partial charge < -0.3 is 25.6 Å². The first-order valence-electron chi connectivity index (χ1n) is 22.9. The summed E-state index contributed by atoms with van der Waals surface area (Å²) in [4.78, 5) is 56.8. The van der Waals surface area contributed by atoms with Gasteiger partial charge in [0.2, 0.25) is 17.7 Å². The minimum absolute atomic E-state index is 0.0291. The number of nitrogens with zero attached hydrogens (tertiary/aromatic N) is 3. The summed E-state index contributed by atoms with van der Waals surface area (Å²) in [5.74, 6) is 5.70. The van der Waals surface area contributed by atoms with Gasteiger partial charge in [-0.1, -0.05) is 53.2 Å². The van der Waals surface area contributed by atoms with Crippen LogP contribution in [0.2, 0.25) is 10.0 Å². The maximum absolute atomic E-state index is 16.3. The summed E-state index contributed by atoms with van der Waals surface area (Å²) in [5.41, 5.74) is 1.78. The van der Waals surface area contributed by atoms with Crippen LogP contribution in [0.15, 0.2) is 59.4 Å². The van der Waals surface area contributed by atoms with Crippen molar-refractivity contribution >= 4 is 57.6 Å². The Labute approximate surface area is 381 Å². The first kappa shape index (κ1) is 43.2. The minimum atomic E-state index is -1.33. The number of ether oxygens (including phenoxy) is 1. The summed E-state index contributed by atoms with van der Waals surface area (Å²) in [7, 11) is 1.79. The molecule has 5 aliphatic heterocycles. The molecule has 6 heterocycles. The molecule has 64 heavy (non-hydrogen) atoms. The number of hydrogen-bond acceptors (Lipinski definition) is 7. The number of carbonyl (C=O) groups excluding carboxylic acids is 3. The van der Waals surface area contributed by atoms with Crippen LogP contribution in [0.5, 0.6) is 0 Å². The molecule has 1 unspecified atom stereocenters. The van der Waals surface area contributed by atoms with Crippen molar-refractivity contribution in [3.8, 4) is 11.8 Å². The monoisotopic (exact) mass is 909 g/mol. The lowest BCUT2D eigenvalue weighted by Crippen LogP contribution is -2.62. The van der Waals surface area contributed by atoms with E-state index in [1.807, 2.05) is 28.8 Å². The number of imidazole rings is 1. The standard InChI is InChI=1S/C49H54Cl2FN7O5/c1-57-40-25-30(9-15-39(40)59(47(57)63)34-13-16-41(60)53-27-34)6-5-29-17-21-58(22-18-29)28-31-7-11-33(12-8-31)54-45(61)44-42(35-3-2-4-37(51)43(35)52)49(48(56-44)19-23-64-24-20-48)36-14-10-32(50)26-38(36)55-46(49)62/h2-4,9-10,14-15,25-26,29,31,33-34,42,44,56H,7-8,11-13,16-24,27-28H2,1H3,(H,53,60)(H,54,61)(H,55,62)/t31?,33?,34?,42-,44+,49+/m0/s1. The van der Waals surface area contributed by atoms with Crippen LogP contribution in [0.3, 0.4) is 0 Å². The molecule has 10 rings (SSSR count). The summed E-state index contributed by atoms with van der Waals surface area (Å²) < 4.78 is 25.6. The van der Waals surface area contributed by atoms with Gasteiger partial charge in [-0.25, -0.2) is 9.18 Å². The molecular weight excluding hydrogens is 856 g/mol. The maximum atomic E-state index is 16.3. The topological polar surface area (TPSA) is 139 Å². The number of nitrogens with one attached hydrogen (secondary N) is 4. The van der Waals surface area contributed by atoms with Crippen LogP contribution in [-0.4, -0.2) is 88.8 Å². The molecule has 15 heteroatoms. The van der Waals surface area contributed by atoms with Crippen molar-refractivity contribution in [3.63, 3.8) is 0 Å². The summed E-state index contributed by atoms with van der Waals surface area (Å²) in [5, 5.41) is 13.4. The fourth-order valence-electron chi connectivity index (χ4n) is 12.1. The lowest BCUT2D eigenvalue weighted by molar-refractivity contribution is -0.125. The Balaban J connectivity index is 0.777.